The van der Waals surface area contributed by atoms with Gasteiger partial charge in [0.1, 0.15) is 11.6 Å². The largest absolute Gasteiger partial charge is 0.359 e. The summed E-state index contributed by atoms with van der Waals surface area (Å²) in [5, 5.41) is 3.04. The predicted octanol–water partition coefficient (Wildman–Crippen LogP) is 1.95. The van der Waals surface area contributed by atoms with Crippen LogP contribution in [0.3, 0.4) is 0 Å². The molecule has 0 aliphatic heterocycles. The van der Waals surface area contributed by atoms with E-state index in [1.165, 1.54) is 0 Å². The molecule has 3 heteroatoms. The smallest absolute Gasteiger partial charge is 0.133 e. The van der Waals surface area contributed by atoms with Crippen molar-refractivity contribution in [3.8, 4) is 12.3 Å². The van der Waals surface area contributed by atoms with Crippen LogP contribution in [0.5, 0.6) is 0 Å². The van der Waals surface area contributed by atoms with Crippen LogP contribution < -0.4 is 5.32 Å². The van der Waals surface area contributed by atoms with Crippen molar-refractivity contribution in [3.05, 3.63) is 17.6 Å². The molecule has 0 radical (unpaired) electrons. The second kappa shape index (κ2) is 4.61. The molecule has 1 heterocycles. The SMILES string of the molecule is C#CCNc1cc(C)nc(C(C)C)n1. The van der Waals surface area contributed by atoms with Crippen molar-refractivity contribution in [2.75, 3.05) is 11.9 Å². The first-order valence-corrected chi connectivity index (χ1v) is 4.66. The van der Waals surface area contributed by atoms with Crippen molar-refractivity contribution >= 4 is 5.82 Å². The highest BCUT2D eigenvalue weighted by Crippen LogP contribution is 2.12. The van der Waals surface area contributed by atoms with E-state index in [9.17, 15) is 0 Å². The van der Waals surface area contributed by atoms with Crippen LogP contribution in [0.2, 0.25) is 0 Å². The van der Waals surface area contributed by atoms with Crippen LogP contribution in [-0.2, 0) is 0 Å². The van der Waals surface area contributed by atoms with E-state index in [1.54, 1.807) is 0 Å². The molecular weight excluding hydrogens is 174 g/mol. The summed E-state index contributed by atoms with van der Waals surface area (Å²) in [6.45, 7) is 6.59. The number of hydrogen-bond acceptors (Lipinski definition) is 3. The molecule has 3 nitrogen and oxygen atoms in total. The molecule has 14 heavy (non-hydrogen) atoms. The van der Waals surface area contributed by atoms with E-state index in [-0.39, 0.29) is 0 Å². The highest BCUT2D eigenvalue weighted by atomic mass is 15.0. The third kappa shape index (κ3) is 2.74. The summed E-state index contributed by atoms with van der Waals surface area (Å²) in [6.07, 6.45) is 5.16. The lowest BCUT2D eigenvalue weighted by Crippen LogP contribution is -2.06. The number of terminal acetylenes is 1. The van der Waals surface area contributed by atoms with Crippen molar-refractivity contribution in [1.82, 2.24) is 9.97 Å². The third-order valence-electron chi connectivity index (χ3n) is 1.76. The van der Waals surface area contributed by atoms with Crippen molar-refractivity contribution in [1.29, 1.82) is 0 Å². The number of nitrogens with zero attached hydrogens (tertiary/aromatic N) is 2. The molecule has 0 aliphatic carbocycles. The molecule has 0 atom stereocenters. The Morgan fingerprint density at radius 1 is 1.50 bits per heavy atom. The van der Waals surface area contributed by atoms with Crippen LogP contribution in [-0.4, -0.2) is 16.5 Å². The molecule has 0 aromatic carbocycles. The standard InChI is InChI=1S/C11H15N3/c1-5-6-12-10-7-9(4)13-11(14-10)8(2)3/h1,7-8H,6H2,2-4H3,(H,12,13,14). The van der Waals surface area contributed by atoms with Gasteiger partial charge in [-0.2, -0.15) is 0 Å². The lowest BCUT2D eigenvalue weighted by atomic mass is 10.2. The number of hydrogen-bond donors (Lipinski definition) is 1. The molecular formula is C11H15N3. The van der Waals surface area contributed by atoms with Crippen LogP contribution in [0.1, 0.15) is 31.3 Å². The van der Waals surface area contributed by atoms with Crippen LogP contribution in [0.4, 0.5) is 5.82 Å². The predicted molar refractivity (Wildman–Crippen MR) is 58.2 cm³/mol. The minimum absolute atomic E-state index is 0.335. The fourth-order valence-electron chi connectivity index (χ4n) is 1.08. The third-order valence-corrected chi connectivity index (χ3v) is 1.76. The molecule has 0 saturated heterocycles. The van der Waals surface area contributed by atoms with E-state index in [0.29, 0.717) is 12.5 Å². The Morgan fingerprint density at radius 2 is 2.21 bits per heavy atom. The number of anilines is 1. The molecule has 74 valence electrons. The number of aromatic nitrogens is 2. The van der Waals surface area contributed by atoms with Gasteiger partial charge in [-0.1, -0.05) is 19.8 Å². The Morgan fingerprint density at radius 3 is 2.79 bits per heavy atom. The van der Waals surface area contributed by atoms with Gasteiger partial charge in [-0.25, -0.2) is 9.97 Å². The molecule has 1 aromatic rings. The van der Waals surface area contributed by atoms with E-state index < -0.39 is 0 Å². The molecule has 0 amide bonds. The van der Waals surface area contributed by atoms with Crippen LogP contribution in [0, 0.1) is 19.3 Å². The zero-order valence-corrected chi connectivity index (χ0v) is 8.83. The average Bonchev–Trinajstić information content (AvgIpc) is 2.14. The van der Waals surface area contributed by atoms with Crippen LogP contribution >= 0.6 is 0 Å². The van der Waals surface area contributed by atoms with Gasteiger partial charge in [0, 0.05) is 17.7 Å². The van der Waals surface area contributed by atoms with E-state index in [0.717, 1.165) is 17.3 Å². The number of nitrogens with one attached hydrogen (secondary N) is 1. The second-order valence-electron chi connectivity index (χ2n) is 3.47. The molecule has 0 saturated carbocycles. The van der Waals surface area contributed by atoms with Gasteiger partial charge < -0.3 is 5.32 Å². The highest BCUT2D eigenvalue weighted by molar-refractivity contribution is 5.37. The second-order valence-corrected chi connectivity index (χ2v) is 3.47. The monoisotopic (exact) mass is 189 g/mol. The van der Waals surface area contributed by atoms with Gasteiger partial charge >= 0.3 is 0 Å². The number of rotatable bonds is 3. The first kappa shape index (κ1) is 10.5. The summed E-state index contributed by atoms with van der Waals surface area (Å²) in [5.74, 6) is 4.50. The maximum Gasteiger partial charge on any atom is 0.133 e. The molecule has 0 spiro atoms. The lowest BCUT2D eigenvalue weighted by molar-refractivity contribution is 0.768. The molecule has 0 aliphatic rings. The van der Waals surface area contributed by atoms with Crippen LogP contribution in [0.25, 0.3) is 0 Å². The van der Waals surface area contributed by atoms with Crippen molar-refractivity contribution in [2.24, 2.45) is 0 Å². The van der Waals surface area contributed by atoms with Gasteiger partial charge in [0.05, 0.1) is 6.54 Å². The summed E-state index contributed by atoms with van der Waals surface area (Å²) in [6, 6.07) is 1.89. The number of aryl methyl sites for hydroxylation is 1. The molecule has 1 aromatic heterocycles. The Balaban J connectivity index is 2.90. The molecule has 0 bridgehead atoms. The topological polar surface area (TPSA) is 37.8 Å². The summed E-state index contributed by atoms with van der Waals surface area (Å²) >= 11 is 0. The zero-order chi connectivity index (χ0) is 10.6. The first-order valence-electron chi connectivity index (χ1n) is 4.66. The minimum atomic E-state index is 0.335. The molecule has 0 unspecified atom stereocenters. The van der Waals surface area contributed by atoms with E-state index in [1.807, 2.05) is 13.0 Å². The normalized spacial score (nSPS) is 9.93. The molecule has 0 fully saturated rings. The quantitative estimate of drug-likeness (QED) is 0.738. The fourth-order valence-corrected chi connectivity index (χ4v) is 1.08. The zero-order valence-electron chi connectivity index (χ0n) is 8.83. The van der Waals surface area contributed by atoms with Gasteiger partial charge in [-0.05, 0) is 6.92 Å². The first-order chi connectivity index (χ1) is 6.63. The Kier molecular flexibility index (Phi) is 3.47. The van der Waals surface area contributed by atoms with E-state index >= 15 is 0 Å². The maximum absolute atomic E-state index is 5.16. The Bertz CT molecular complexity index is 350. The fraction of sp³-hybridized carbons (Fsp3) is 0.455. The summed E-state index contributed by atoms with van der Waals surface area (Å²) in [4.78, 5) is 8.69. The van der Waals surface area contributed by atoms with E-state index in [2.05, 4.69) is 35.1 Å². The Labute approximate surface area is 85.0 Å². The summed E-state index contributed by atoms with van der Waals surface area (Å²) in [7, 11) is 0. The molecule has 1 N–H and O–H groups in total. The summed E-state index contributed by atoms with van der Waals surface area (Å²) in [5.41, 5.74) is 0.961. The lowest BCUT2D eigenvalue weighted by Gasteiger charge is -2.08. The van der Waals surface area contributed by atoms with Gasteiger partial charge in [0.15, 0.2) is 0 Å². The van der Waals surface area contributed by atoms with Gasteiger partial charge in [-0.3, -0.25) is 0 Å². The highest BCUT2D eigenvalue weighted by Gasteiger charge is 2.05. The summed E-state index contributed by atoms with van der Waals surface area (Å²) < 4.78 is 0. The van der Waals surface area contributed by atoms with Gasteiger partial charge in [-0.15, -0.1) is 6.42 Å². The maximum atomic E-state index is 5.16. The van der Waals surface area contributed by atoms with Crippen molar-refractivity contribution < 1.29 is 0 Å². The average molecular weight is 189 g/mol. The van der Waals surface area contributed by atoms with Crippen molar-refractivity contribution in [3.63, 3.8) is 0 Å². The van der Waals surface area contributed by atoms with Crippen LogP contribution in [0.15, 0.2) is 6.07 Å². The minimum Gasteiger partial charge on any atom is -0.359 e. The van der Waals surface area contributed by atoms with Crippen molar-refractivity contribution in [2.45, 2.75) is 26.7 Å². The van der Waals surface area contributed by atoms with Gasteiger partial charge in [0.25, 0.3) is 0 Å². The van der Waals surface area contributed by atoms with E-state index in [4.69, 9.17) is 6.42 Å². The molecule has 1 rings (SSSR count). The van der Waals surface area contributed by atoms with Gasteiger partial charge in [0.2, 0.25) is 0 Å². The Hall–Kier alpha value is -1.56.